The molecule has 1 aromatic heterocycles. The van der Waals surface area contributed by atoms with Crippen LogP contribution in [-0.2, 0) is 9.53 Å². The number of carbonyl (C=O) groups is 4. The fraction of sp³-hybridized carbons (Fsp3) is 0.289. The summed E-state index contributed by atoms with van der Waals surface area (Å²) in [4.78, 5) is 61.3. The van der Waals surface area contributed by atoms with Crippen LogP contribution in [0.2, 0.25) is 0 Å². The fourth-order valence-corrected chi connectivity index (χ4v) is 6.31. The Morgan fingerprint density at radius 2 is 1.13 bits per heavy atom. The molecule has 6 rings (SSSR count). The van der Waals surface area contributed by atoms with Gasteiger partial charge in [-0.3, -0.25) is 24.1 Å². The van der Waals surface area contributed by atoms with Crippen LogP contribution in [0.25, 0.3) is 22.5 Å². The first-order chi connectivity index (χ1) is 22.9. The third kappa shape index (κ3) is 7.64. The van der Waals surface area contributed by atoms with Crippen molar-refractivity contribution < 1.29 is 23.9 Å². The summed E-state index contributed by atoms with van der Waals surface area (Å²) in [6.07, 6.45) is 1.73. The molecule has 0 unspecified atom stereocenters. The smallest absolute Gasteiger partial charge is 0.303 e. The molecule has 2 fully saturated rings. The molecule has 2 amide bonds. The van der Waals surface area contributed by atoms with Gasteiger partial charge in [-0.05, 0) is 37.1 Å². The summed E-state index contributed by atoms with van der Waals surface area (Å²) in [6, 6.07) is 30.6. The van der Waals surface area contributed by atoms with Gasteiger partial charge in [0.05, 0.1) is 11.4 Å². The number of hydrogen-bond acceptors (Lipinski definition) is 7. The van der Waals surface area contributed by atoms with Crippen molar-refractivity contribution >= 4 is 23.6 Å². The third-order valence-corrected chi connectivity index (χ3v) is 8.94. The van der Waals surface area contributed by atoms with Crippen LogP contribution in [0.4, 0.5) is 0 Å². The minimum atomic E-state index is -0.510. The average molecular weight is 631 g/mol. The number of piperazine rings is 1. The summed E-state index contributed by atoms with van der Waals surface area (Å²) in [5.74, 6) is -0.860. The van der Waals surface area contributed by atoms with Crippen molar-refractivity contribution in [3.63, 3.8) is 0 Å². The second-order valence-corrected chi connectivity index (χ2v) is 12.0. The standard InChI is InChI=1S/C38H38N4O5/c1-27(43)47-26-36(44)30-12-14-31(15-13-30)37(45)41-18-16-33(17-19-41)40-20-22-42(23-21-40)38(46)32-24-34(28-8-4-2-5-9-28)39-35(25-32)29-10-6-3-7-11-29/h2-15,24-25,33H,16-23,26H2,1H3. The number of nitrogens with zero attached hydrogens (tertiary/aromatic N) is 4. The molecule has 0 N–H and O–H groups in total. The summed E-state index contributed by atoms with van der Waals surface area (Å²) >= 11 is 0. The highest BCUT2D eigenvalue weighted by Gasteiger charge is 2.31. The summed E-state index contributed by atoms with van der Waals surface area (Å²) in [5, 5.41) is 0. The Bertz CT molecular complexity index is 1670. The van der Waals surface area contributed by atoms with Gasteiger partial charge in [0.15, 0.2) is 12.4 Å². The first-order valence-electron chi connectivity index (χ1n) is 16.1. The van der Waals surface area contributed by atoms with Gasteiger partial charge >= 0.3 is 5.97 Å². The van der Waals surface area contributed by atoms with Gasteiger partial charge < -0.3 is 14.5 Å². The molecule has 3 heterocycles. The first-order valence-corrected chi connectivity index (χ1v) is 16.1. The van der Waals surface area contributed by atoms with E-state index in [4.69, 9.17) is 9.72 Å². The molecular formula is C38H38N4O5. The molecule has 3 aromatic carbocycles. The van der Waals surface area contributed by atoms with Crippen molar-refractivity contribution in [1.29, 1.82) is 0 Å². The number of piperidine rings is 1. The normalized spacial score (nSPS) is 15.7. The van der Waals surface area contributed by atoms with Crippen molar-refractivity contribution in [3.8, 4) is 22.5 Å². The van der Waals surface area contributed by atoms with Crippen LogP contribution in [0.15, 0.2) is 97.1 Å². The van der Waals surface area contributed by atoms with Crippen LogP contribution in [0.5, 0.6) is 0 Å². The summed E-state index contributed by atoms with van der Waals surface area (Å²) in [5.41, 5.74) is 5.06. The molecule has 4 aromatic rings. The Balaban J connectivity index is 1.04. The van der Waals surface area contributed by atoms with Crippen molar-refractivity contribution in [2.75, 3.05) is 45.9 Å². The molecule has 240 valence electrons. The number of aromatic nitrogens is 1. The molecule has 9 heteroatoms. The van der Waals surface area contributed by atoms with Gasteiger partial charge in [-0.1, -0.05) is 72.8 Å². The number of ketones is 1. The molecule has 2 aliphatic rings. The van der Waals surface area contributed by atoms with Gasteiger partial charge in [0.2, 0.25) is 0 Å². The van der Waals surface area contributed by atoms with Gasteiger partial charge in [-0.15, -0.1) is 0 Å². The van der Waals surface area contributed by atoms with Gasteiger partial charge in [0.25, 0.3) is 11.8 Å². The van der Waals surface area contributed by atoms with Crippen LogP contribution >= 0.6 is 0 Å². The van der Waals surface area contributed by atoms with Gasteiger partial charge in [0.1, 0.15) is 0 Å². The van der Waals surface area contributed by atoms with E-state index in [0.717, 1.165) is 48.4 Å². The monoisotopic (exact) mass is 630 g/mol. The molecule has 0 bridgehead atoms. The SMILES string of the molecule is CC(=O)OCC(=O)c1ccc(C(=O)N2CCC(N3CCN(C(=O)c4cc(-c5ccccc5)nc(-c5ccccc5)c4)CC3)CC2)cc1. The molecule has 47 heavy (non-hydrogen) atoms. The highest BCUT2D eigenvalue weighted by atomic mass is 16.5. The quantitative estimate of drug-likeness (QED) is 0.194. The zero-order valence-corrected chi connectivity index (χ0v) is 26.5. The maximum Gasteiger partial charge on any atom is 0.303 e. The number of esters is 1. The van der Waals surface area contributed by atoms with Crippen LogP contribution in [0, 0.1) is 0 Å². The van der Waals surface area contributed by atoms with Crippen LogP contribution in [-0.4, -0.2) is 95.2 Å². The lowest BCUT2D eigenvalue weighted by atomic mass is 10.0. The lowest BCUT2D eigenvalue weighted by Crippen LogP contribution is -2.54. The predicted octanol–water partition coefficient (Wildman–Crippen LogP) is 5.22. The zero-order valence-electron chi connectivity index (χ0n) is 26.5. The molecule has 0 spiro atoms. The Labute approximate surface area is 274 Å². The number of rotatable bonds is 8. The molecule has 0 atom stereocenters. The number of amides is 2. The van der Waals surface area contributed by atoms with Crippen LogP contribution < -0.4 is 0 Å². The predicted molar refractivity (Wildman–Crippen MR) is 179 cm³/mol. The maximum absolute atomic E-state index is 13.8. The van der Waals surface area contributed by atoms with Gasteiger partial charge in [-0.25, -0.2) is 4.98 Å². The highest BCUT2D eigenvalue weighted by molar-refractivity contribution is 6.00. The van der Waals surface area contributed by atoms with E-state index in [9.17, 15) is 19.2 Å². The lowest BCUT2D eigenvalue weighted by molar-refractivity contribution is -0.139. The Hall–Kier alpha value is -5.15. The Morgan fingerprint density at radius 1 is 0.638 bits per heavy atom. The van der Waals surface area contributed by atoms with Crippen molar-refractivity contribution in [3.05, 3.63) is 114 Å². The number of likely N-dealkylation sites (tertiary alicyclic amines) is 1. The van der Waals surface area contributed by atoms with Gasteiger partial charge in [0, 0.05) is 80.1 Å². The minimum absolute atomic E-state index is 0.0147. The topological polar surface area (TPSA) is 100 Å². The van der Waals surface area contributed by atoms with Crippen molar-refractivity contribution in [2.24, 2.45) is 0 Å². The number of hydrogen-bond donors (Lipinski definition) is 0. The lowest BCUT2D eigenvalue weighted by Gasteiger charge is -2.42. The van der Waals surface area contributed by atoms with E-state index < -0.39 is 5.97 Å². The molecule has 2 saturated heterocycles. The molecule has 0 aliphatic carbocycles. The number of pyridine rings is 1. The minimum Gasteiger partial charge on any atom is -0.457 e. The van der Waals surface area contributed by atoms with E-state index in [2.05, 4.69) is 4.90 Å². The number of carbonyl (C=O) groups excluding carboxylic acids is 4. The first kappa shape index (κ1) is 31.8. The van der Waals surface area contributed by atoms with E-state index in [-0.39, 0.29) is 24.2 Å². The maximum atomic E-state index is 13.8. The third-order valence-electron chi connectivity index (χ3n) is 8.94. The summed E-state index contributed by atoms with van der Waals surface area (Å²) in [7, 11) is 0. The van der Waals surface area contributed by atoms with Crippen LogP contribution in [0.1, 0.15) is 50.8 Å². The largest absolute Gasteiger partial charge is 0.457 e. The summed E-state index contributed by atoms with van der Waals surface area (Å²) in [6.45, 7) is 5.10. The average Bonchev–Trinajstić information content (AvgIpc) is 3.14. The molecule has 0 radical (unpaired) electrons. The molecule has 9 nitrogen and oxygen atoms in total. The van der Waals surface area contributed by atoms with E-state index >= 15 is 0 Å². The van der Waals surface area contributed by atoms with E-state index in [1.165, 1.54) is 6.92 Å². The zero-order chi connectivity index (χ0) is 32.8. The fourth-order valence-electron chi connectivity index (χ4n) is 6.31. The van der Waals surface area contributed by atoms with E-state index in [1.807, 2.05) is 82.6 Å². The van der Waals surface area contributed by atoms with E-state index in [1.54, 1.807) is 24.3 Å². The van der Waals surface area contributed by atoms with Crippen LogP contribution in [0.3, 0.4) is 0 Å². The second-order valence-electron chi connectivity index (χ2n) is 12.0. The molecular weight excluding hydrogens is 592 g/mol. The molecule has 0 saturated carbocycles. The van der Waals surface area contributed by atoms with Gasteiger partial charge in [-0.2, -0.15) is 0 Å². The number of Topliss-reactive ketones (excluding diaryl/α,β-unsaturated/α-hetero) is 1. The molecule has 2 aliphatic heterocycles. The van der Waals surface area contributed by atoms with Crippen molar-refractivity contribution in [1.82, 2.24) is 19.7 Å². The number of benzene rings is 3. The Kier molecular flexibility index (Phi) is 9.83. The Morgan fingerprint density at radius 3 is 1.66 bits per heavy atom. The number of ether oxygens (including phenoxy) is 1. The van der Waals surface area contributed by atoms with E-state index in [0.29, 0.717) is 48.9 Å². The summed E-state index contributed by atoms with van der Waals surface area (Å²) < 4.78 is 4.78. The van der Waals surface area contributed by atoms with Crippen molar-refractivity contribution in [2.45, 2.75) is 25.8 Å². The second kappa shape index (κ2) is 14.5. The highest BCUT2D eigenvalue weighted by Crippen LogP contribution is 2.27.